The number of nitrogens with one attached hydrogen (secondary N) is 2. The minimum absolute atomic E-state index is 0.0408. The number of anilines is 1. The first-order valence-electron chi connectivity index (χ1n) is 6.10. The van der Waals surface area contributed by atoms with E-state index in [1.165, 1.54) is 18.2 Å². The number of carbonyl (C=O) groups excluding carboxylic acids is 1. The van der Waals surface area contributed by atoms with E-state index in [4.69, 9.17) is 12.2 Å². The highest BCUT2D eigenvalue weighted by Crippen LogP contribution is 2.17. The number of aryl methyl sites for hydroxylation is 1. The molecule has 6 heteroatoms. The third-order valence-electron chi connectivity index (χ3n) is 2.78. The molecule has 0 radical (unpaired) electrons. The summed E-state index contributed by atoms with van der Waals surface area (Å²) in [5.41, 5.74) is 1.76. The number of carbonyl (C=O) groups is 1. The van der Waals surface area contributed by atoms with E-state index in [0.717, 1.165) is 14.8 Å². The zero-order chi connectivity index (χ0) is 15.4. The molecule has 0 saturated heterocycles. The van der Waals surface area contributed by atoms with Crippen molar-refractivity contribution in [2.45, 2.75) is 6.92 Å². The number of rotatable bonds is 2. The Morgan fingerprint density at radius 3 is 2.62 bits per heavy atom. The second-order valence-electron chi connectivity index (χ2n) is 4.35. The van der Waals surface area contributed by atoms with Crippen molar-refractivity contribution in [2.24, 2.45) is 0 Å². The quantitative estimate of drug-likeness (QED) is 0.579. The number of thiocarbonyl (C=S) groups is 1. The molecule has 2 N–H and O–H groups in total. The molecule has 2 aromatic carbocycles. The van der Waals surface area contributed by atoms with Gasteiger partial charge in [0.1, 0.15) is 5.82 Å². The van der Waals surface area contributed by atoms with Crippen molar-refractivity contribution >= 4 is 51.5 Å². The third-order valence-corrected chi connectivity index (χ3v) is 3.66. The van der Waals surface area contributed by atoms with Gasteiger partial charge in [0.2, 0.25) is 0 Å². The fourth-order valence-corrected chi connectivity index (χ4v) is 2.59. The van der Waals surface area contributed by atoms with E-state index in [0.29, 0.717) is 0 Å². The fraction of sp³-hybridized carbons (Fsp3) is 0.0667. The summed E-state index contributed by atoms with van der Waals surface area (Å²) in [5, 5.41) is 5.53. The van der Waals surface area contributed by atoms with Gasteiger partial charge in [0.05, 0.1) is 5.56 Å². The van der Waals surface area contributed by atoms with Crippen LogP contribution in [0.2, 0.25) is 0 Å². The van der Waals surface area contributed by atoms with Gasteiger partial charge in [-0.1, -0.05) is 12.1 Å². The Balaban J connectivity index is 2.05. The van der Waals surface area contributed by atoms with Crippen molar-refractivity contribution in [3.63, 3.8) is 0 Å². The lowest BCUT2D eigenvalue weighted by molar-refractivity contribution is 0.0974. The van der Waals surface area contributed by atoms with E-state index >= 15 is 0 Å². The minimum Gasteiger partial charge on any atom is -0.332 e. The zero-order valence-electron chi connectivity index (χ0n) is 11.1. The molecule has 0 atom stereocenters. The van der Waals surface area contributed by atoms with Crippen molar-refractivity contribution in [3.8, 4) is 0 Å². The molecule has 0 aromatic heterocycles. The monoisotopic (exact) mass is 414 g/mol. The molecule has 21 heavy (non-hydrogen) atoms. The van der Waals surface area contributed by atoms with Crippen LogP contribution in [0.15, 0.2) is 42.5 Å². The first-order valence-corrected chi connectivity index (χ1v) is 7.59. The molecule has 1 amide bonds. The molecule has 0 aliphatic carbocycles. The number of halogens is 2. The van der Waals surface area contributed by atoms with Gasteiger partial charge in [0, 0.05) is 9.26 Å². The van der Waals surface area contributed by atoms with Crippen LogP contribution < -0.4 is 10.6 Å². The lowest BCUT2D eigenvalue weighted by Gasteiger charge is -2.12. The van der Waals surface area contributed by atoms with E-state index in [1.807, 2.05) is 25.1 Å². The largest absolute Gasteiger partial charge is 0.332 e. The maximum absolute atomic E-state index is 13.5. The van der Waals surface area contributed by atoms with Gasteiger partial charge in [-0.15, -0.1) is 0 Å². The summed E-state index contributed by atoms with van der Waals surface area (Å²) in [5.74, 6) is -1.16. The molecule has 108 valence electrons. The first-order chi connectivity index (χ1) is 9.97. The molecular formula is C15H12FIN2OS. The Morgan fingerprint density at radius 2 is 1.95 bits per heavy atom. The summed E-state index contributed by atoms with van der Waals surface area (Å²) in [7, 11) is 0. The van der Waals surface area contributed by atoms with Gasteiger partial charge >= 0.3 is 0 Å². The molecule has 0 aliphatic heterocycles. The summed E-state index contributed by atoms with van der Waals surface area (Å²) in [6.07, 6.45) is 0. The van der Waals surface area contributed by atoms with Gasteiger partial charge < -0.3 is 5.32 Å². The second kappa shape index (κ2) is 6.95. The molecular weight excluding hydrogens is 402 g/mol. The predicted octanol–water partition coefficient (Wildman–Crippen LogP) is 3.87. The van der Waals surface area contributed by atoms with Gasteiger partial charge in [-0.3, -0.25) is 10.1 Å². The van der Waals surface area contributed by atoms with Crippen molar-refractivity contribution < 1.29 is 9.18 Å². The molecule has 0 unspecified atom stereocenters. The van der Waals surface area contributed by atoms with Crippen LogP contribution in [0.5, 0.6) is 0 Å². The van der Waals surface area contributed by atoms with Crippen molar-refractivity contribution in [1.29, 1.82) is 0 Å². The van der Waals surface area contributed by atoms with E-state index in [1.54, 1.807) is 6.07 Å². The van der Waals surface area contributed by atoms with Crippen LogP contribution >= 0.6 is 34.8 Å². The smallest absolute Gasteiger partial charge is 0.260 e. The molecule has 0 aliphatic rings. The highest BCUT2D eigenvalue weighted by Gasteiger charge is 2.12. The fourth-order valence-electron chi connectivity index (χ4n) is 1.74. The number of amides is 1. The molecule has 0 heterocycles. The highest BCUT2D eigenvalue weighted by atomic mass is 127. The summed E-state index contributed by atoms with van der Waals surface area (Å²) in [4.78, 5) is 11.9. The van der Waals surface area contributed by atoms with Gasteiger partial charge in [0.15, 0.2) is 5.11 Å². The molecule has 2 rings (SSSR count). The lowest BCUT2D eigenvalue weighted by Crippen LogP contribution is -2.34. The second-order valence-corrected chi connectivity index (χ2v) is 6.00. The number of hydrogen-bond donors (Lipinski definition) is 2. The average molecular weight is 414 g/mol. The normalized spacial score (nSPS) is 10.0. The van der Waals surface area contributed by atoms with Crippen molar-refractivity contribution in [2.75, 3.05) is 5.32 Å². The summed E-state index contributed by atoms with van der Waals surface area (Å²) in [6, 6.07) is 11.5. The number of benzene rings is 2. The average Bonchev–Trinajstić information content (AvgIpc) is 2.42. The first kappa shape index (κ1) is 15.8. The van der Waals surface area contributed by atoms with Crippen LogP contribution in [0.3, 0.4) is 0 Å². The van der Waals surface area contributed by atoms with E-state index in [-0.39, 0.29) is 10.7 Å². The SMILES string of the molecule is Cc1cc(I)ccc1NC(=S)NC(=O)c1ccccc1F. The maximum atomic E-state index is 13.5. The van der Waals surface area contributed by atoms with Crippen LogP contribution in [-0.2, 0) is 0 Å². The molecule has 0 spiro atoms. The van der Waals surface area contributed by atoms with Crippen LogP contribution in [-0.4, -0.2) is 11.0 Å². The summed E-state index contributed by atoms with van der Waals surface area (Å²) in [6.45, 7) is 1.94. The Morgan fingerprint density at radius 1 is 1.24 bits per heavy atom. The Labute approximate surface area is 141 Å². The standard InChI is InChI=1S/C15H12FIN2OS/c1-9-8-10(17)6-7-13(9)18-15(21)19-14(20)11-4-2-3-5-12(11)16/h2-8H,1H3,(H2,18,19,20,21). The molecule has 0 bridgehead atoms. The van der Waals surface area contributed by atoms with Gasteiger partial charge in [-0.25, -0.2) is 4.39 Å². The molecule has 3 nitrogen and oxygen atoms in total. The molecule has 2 aromatic rings. The Kier molecular flexibility index (Phi) is 5.24. The Hall–Kier alpha value is -1.54. The van der Waals surface area contributed by atoms with E-state index in [2.05, 4.69) is 33.2 Å². The van der Waals surface area contributed by atoms with Gasteiger partial charge in [-0.2, -0.15) is 0 Å². The van der Waals surface area contributed by atoms with Gasteiger partial charge in [0.25, 0.3) is 5.91 Å². The Bertz CT molecular complexity index is 706. The molecule has 0 saturated carbocycles. The maximum Gasteiger partial charge on any atom is 0.260 e. The predicted molar refractivity (Wildman–Crippen MR) is 94.0 cm³/mol. The third kappa shape index (κ3) is 4.21. The molecule has 0 fully saturated rings. The van der Waals surface area contributed by atoms with Crippen molar-refractivity contribution in [3.05, 3.63) is 63.0 Å². The topological polar surface area (TPSA) is 41.1 Å². The summed E-state index contributed by atoms with van der Waals surface area (Å²) >= 11 is 7.30. The highest BCUT2D eigenvalue weighted by molar-refractivity contribution is 14.1. The van der Waals surface area contributed by atoms with Gasteiger partial charge in [-0.05, 0) is 77.6 Å². The summed E-state index contributed by atoms with van der Waals surface area (Å²) < 4.78 is 14.6. The van der Waals surface area contributed by atoms with Crippen LogP contribution in [0.25, 0.3) is 0 Å². The van der Waals surface area contributed by atoms with E-state index in [9.17, 15) is 9.18 Å². The van der Waals surface area contributed by atoms with Crippen LogP contribution in [0.1, 0.15) is 15.9 Å². The minimum atomic E-state index is -0.580. The van der Waals surface area contributed by atoms with Crippen LogP contribution in [0, 0.1) is 16.3 Å². The zero-order valence-corrected chi connectivity index (χ0v) is 14.1. The van der Waals surface area contributed by atoms with E-state index < -0.39 is 11.7 Å². The van der Waals surface area contributed by atoms with Crippen LogP contribution in [0.4, 0.5) is 10.1 Å². The lowest BCUT2D eigenvalue weighted by atomic mass is 10.2. The number of hydrogen-bond acceptors (Lipinski definition) is 2. The van der Waals surface area contributed by atoms with Crippen molar-refractivity contribution in [1.82, 2.24) is 5.32 Å².